The van der Waals surface area contributed by atoms with Gasteiger partial charge < -0.3 is 19.1 Å². The lowest BCUT2D eigenvalue weighted by Gasteiger charge is -2.26. The Balaban J connectivity index is 1.44. The highest BCUT2D eigenvalue weighted by atomic mass is 16.7. The first-order valence-electron chi connectivity index (χ1n) is 10.0. The molecule has 5 nitrogen and oxygen atoms in total. The Morgan fingerprint density at radius 2 is 1.74 bits per heavy atom. The molecular formula is C22H28N2O3. The first-order valence-corrected chi connectivity index (χ1v) is 10.0. The second kappa shape index (κ2) is 9.31. The third kappa shape index (κ3) is 5.06. The molecule has 3 heterocycles. The summed E-state index contributed by atoms with van der Waals surface area (Å²) in [6, 6.07) is 14.2. The highest BCUT2D eigenvalue weighted by Gasteiger charge is 2.24. The van der Waals surface area contributed by atoms with Crippen molar-refractivity contribution in [1.29, 1.82) is 0 Å². The molecule has 4 rings (SSSR count). The number of ether oxygens (including phenoxy) is 3. The molecule has 0 unspecified atom stereocenters. The summed E-state index contributed by atoms with van der Waals surface area (Å²) >= 11 is 0. The summed E-state index contributed by atoms with van der Waals surface area (Å²) in [6.45, 7) is 5.18. The van der Waals surface area contributed by atoms with Crippen molar-refractivity contribution in [1.82, 2.24) is 9.88 Å². The standard InChI is InChI=1S/C22H28N2O3/c1-3-7-18(8-4-1)17-27-20-10-9-19(11-14-24-12-5-2-6-13-24)23-21(20)22-25-15-16-26-22/h1,3-4,7-10,22H,2,5-6,11-17H2. The molecule has 0 spiro atoms. The fourth-order valence-electron chi connectivity index (χ4n) is 3.64. The van der Waals surface area contributed by atoms with Crippen LogP contribution in [-0.4, -0.2) is 42.7 Å². The fourth-order valence-corrected chi connectivity index (χ4v) is 3.64. The number of rotatable bonds is 7. The number of likely N-dealkylation sites (tertiary alicyclic amines) is 1. The molecule has 0 saturated carbocycles. The third-order valence-electron chi connectivity index (χ3n) is 5.16. The minimum atomic E-state index is -0.425. The van der Waals surface area contributed by atoms with Gasteiger partial charge in [-0.15, -0.1) is 0 Å². The topological polar surface area (TPSA) is 43.8 Å². The fraction of sp³-hybridized carbons (Fsp3) is 0.500. The summed E-state index contributed by atoms with van der Waals surface area (Å²) in [4.78, 5) is 7.38. The van der Waals surface area contributed by atoms with Crippen molar-refractivity contribution in [2.24, 2.45) is 0 Å². The zero-order chi connectivity index (χ0) is 18.3. The van der Waals surface area contributed by atoms with Gasteiger partial charge in [-0.1, -0.05) is 36.8 Å². The van der Waals surface area contributed by atoms with Gasteiger partial charge in [0.15, 0.2) is 0 Å². The molecular weight excluding hydrogens is 340 g/mol. The molecule has 0 N–H and O–H groups in total. The third-order valence-corrected chi connectivity index (χ3v) is 5.16. The van der Waals surface area contributed by atoms with Crippen LogP contribution < -0.4 is 4.74 Å². The number of hydrogen-bond donors (Lipinski definition) is 0. The lowest BCUT2D eigenvalue weighted by Crippen LogP contribution is -2.31. The van der Waals surface area contributed by atoms with E-state index in [9.17, 15) is 0 Å². The highest BCUT2D eigenvalue weighted by Crippen LogP contribution is 2.30. The number of piperidine rings is 1. The van der Waals surface area contributed by atoms with Crippen LogP contribution in [0, 0.1) is 0 Å². The summed E-state index contributed by atoms with van der Waals surface area (Å²) in [5.74, 6) is 0.743. The van der Waals surface area contributed by atoms with Crippen LogP contribution in [-0.2, 0) is 22.5 Å². The zero-order valence-corrected chi connectivity index (χ0v) is 15.8. The number of hydrogen-bond acceptors (Lipinski definition) is 5. The van der Waals surface area contributed by atoms with Crippen molar-refractivity contribution in [3.05, 3.63) is 59.4 Å². The average molecular weight is 368 g/mol. The van der Waals surface area contributed by atoms with Crippen molar-refractivity contribution in [3.63, 3.8) is 0 Å². The van der Waals surface area contributed by atoms with Crippen molar-refractivity contribution in [2.45, 2.75) is 38.6 Å². The average Bonchev–Trinajstić information content (AvgIpc) is 3.27. The highest BCUT2D eigenvalue weighted by molar-refractivity contribution is 5.31. The van der Waals surface area contributed by atoms with E-state index in [0.29, 0.717) is 19.8 Å². The summed E-state index contributed by atoms with van der Waals surface area (Å²) < 4.78 is 17.5. The van der Waals surface area contributed by atoms with Crippen molar-refractivity contribution >= 4 is 0 Å². The Bertz CT molecular complexity index is 711. The molecule has 2 aliphatic rings. The van der Waals surface area contributed by atoms with Gasteiger partial charge in [-0.25, -0.2) is 4.98 Å². The normalized spacial score (nSPS) is 18.7. The van der Waals surface area contributed by atoms with Gasteiger partial charge in [0.05, 0.1) is 13.2 Å². The van der Waals surface area contributed by atoms with Crippen LogP contribution in [0.3, 0.4) is 0 Å². The lowest BCUT2D eigenvalue weighted by atomic mass is 10.1. The van der Waals surface area contributed by atoms with Crippen LogP contribution in [0.2, 0.25) is 0 Å². The largest absolute Gasteiger partial charge is 0.487 e. The minimum absolute atomic E-state index is 0.425. The Hall–Kier alpha value is -1.95. The van der Waals surface area contributed by atoms with E-state index < -0.39 is 6.29 Å². The molecule has 27 heavy (non-hydrogen) atoms. The monoisotopic (exact) mass is 368 g/mol. The number of pyridine rings is 1. The van der Waals surface area contributed by atoms with Crippen LogP contribution in [0.4, 0.5) is 0 Å². The van der Waals surface area contributed by atoms with Gasteiger partial charge in [0.25, 0.3) is 0 Å². The van der Waals surface area contributed by atoms with Gasteiger partial charge in [-0.3, -0.25) is 0 Å². The first kappa shape index (κ1) is 18.4. The van der Waals surface area contributed by atoms with E-state index in [-0.39, 0.29) is 0 Å². The summed E-state index contributed by atoms with van der Waals surface area (Å²) in [5.41, 5.74) is 2.96. The molecule has 2 saturated heterocycles. The molecule has 1 aromatic carbocycles. The summed E-state index contributed by atoms with van der Waals surface area (Å²) in [7, 11) is 0. The van der Waals surface area contributed by atoms with E-state index in [1.807, 2.05) is 24.3 Å². The maximum absolute atomic E-state index is 6.05. The molecule has 144 valence electrons. The first-order chi connectivity index (χ1) is 13.4. The quantitative estimate of drug-likeness (QED) is 0.745. The van der Waals surface area contributed by atoms with Gasteiger partial charge in [0.2, 0.25) is 6.29 Å². The van der Waals surface area contributed by atoms with Crippen molar-refractivity contribution < 1.29 is 14.2 Å². The van der Waals surface area contributed by atoms with E-state index in [4.69, 9.17) is 19.2 Å². The van der Waals surface area contributed by atoms with E-state index in [1.54, 1.807) is 0 Å². The van der Waals surface area contributed by atoms with Gasteiger partial charge in [-0.2, -0.15) is 0 Å². The van der Waals surface area contributed by atoms with Crippen LogP contribution >= 0.6 is 0 Å². The molecule has 5 heteroatoms. The molecule has 0 bridgehead atoms. The predicted molar refractivity (Wildman–Crippen MR) is 104 cm³/mol. The van der Waals surface area contributed by atoms with E-state index in [1.165, 1.54) is 32.4 Å². The van der Waals surface area contributed by atoms with E-state index >= 15 is 0 Å². The molecule has 1 aromatic heterocycles. The molecule has 2 aromatic rings. The van der Waals surface area contributed by atoms with Crippen molar-refractivity contribution in [3.8, 4) is 5.75 Å². The molecule has 0 aliphatic carbocycles. The van der Waals surface area contributed by atoms with Crippen LogP contribution in [0.1, 0.15) is 42.5 Å². The molecule has 0 atom stereocenters. The van der Waals surface area contributed by atoms with Gasteiger partial charge in [0, 0.05) is 18.7 Å². The van der Waals surface area contributed by atoms with Crippen LogP contribution in [0.5, 0.6) is 5.75 Å². The predicted octanol–water partition coefficient (Wildman–Crippen LogP) is 3.73. The van der Waals surface area contributed by atoms with E-state index in [0.717, 1.165) is 35.7 Å². The summed E-state index contributed by atoms with van der Waals surface area (Å²) in [5, 5.41) is 0. The van der Waals surface area contributed by atoms with Gasteiger partial charge in [0.1, 0.15) is 18.1 Å². The molecule has 2 aliphatic heterocycles. The Morgan fingerprint density at radius 1 is 0.963 bits per heavy atom. The van der Waals surface area contributed by atoms with E-state index in [2.05, 4.69) is 23.1 Å². The number of aromatic nitrogens is 1. The Kier molecular flexibility index (Phi) is 6.35. The summed E-state index contributed by atoms with van der Waals surface area (Å²) in [6.07, 6.45) is 4.51. The Morgan fingerprint density at radius 3 is 2.52 bits per heavy atom. The second-order valence-electron chi connectivity index (χ2n) is 7.19. The molecule has 0 amide bonds. The minimum Gasteiger partial charge on any atom is -0.487 e. The van der Waals surface area contributed by atoms with Crippen LogP contribution in [0.25, 0.3) is 0 Å². The molecule has 0 radical (unpaired) electrons. The smallest absolute Gasteiger partial charge is 0.205 e. The van der Waals surface area contributed by atoms with Crippen molar-refractivity contribution in [2.75, 3.05) is 32.8 Å². The second-order valence-corrected chi connectivity index (χ2v) is 7.19. The van der Waals surface area contributed by atoms with Crippen LogP contribution in [0.15, 0.2) is 42.5 Å². The Labute approximate surface area is 161 Å². The lowest BCUT2D eigenvalue weighted by molar-refractivity contribution is -0.0493. The van der Waals surface area contributed by atoms with Gasteiger partial charge in [-0.05, 0) is 43.6 Å². The SMILES string of the molecule is c1ccc(COc2ccc(CCN3CCCCC3)nc2C2OCCO2)cc1. The molecule has 2 fully saturated rings. The van der Waals surface area contributed by atoms with Gasteiger partial charge >= 0.3 is 0 Å². The number of benzene rings is 1. The number of nitrogens with zero attached hydrogens (tertiary/aromatic N) is 2. The maximum Gasteiger partial charge on any atom is 0.205 e. The zero-order valence-electron chi connectivity index (χ0n) is 15.8. The maximum atomic E-state index is 6.05.